The van der Waals surface area contributed by atoms with Gasteiger partial charge in [0.1, 0.15) is 0 Å². The van der Waals surface area contributed by atoms with Crippen LogP contribution < -0.4 is 14.8 Å². The van der Waals surface area contributed by atoms with Gasteiger partial charge in [-0.3, -0.25) is 0 Å². The molecule has 8 heteroatoms. The smallest absolute Gasteiger partial charge is 0.336 e. The number of rotatable bonds is 6. The number of methoxy groups -OCH3 is 4. The van der Waals surface area contributed by atoms with Gasteiger partial charge in [-0.1, -0.05) is 12.2 Å². The molecule has 29 heavy (non-hydrogen) atoms. The van der Waals surface area contributed by atoms with Crippen molar-refractivity contribution in [3.8, 4) is 17.2 Å². The summed E-state index contributed by atoms with van der Waals surface area (Å²) < 4.78 is 20.2. The van der Waals surface area contributed by atoms with E-state index >= 15 is 0 Å². The monoisotopic (exact) mass is 403 g/mol. The van der Waals surface area contributed by atoms with Crippen molar-refractivity contribution >= 4 is 18.0 Å². The molecule has 0 saturated heterocycles. The third kappa shape index (κ3) is 4.37. The van der Waals surface area contributed by atoms with E-state index < -0.39 is 17.9 Å². The maximum Gasteiger partial charge on any atom is 0.336 e. The number of dihydropyridines is 1. The summed E-state index contributed by atoms with van der Waals surface area (Å²) in [6.07, 6.45) is 3.39. The Bertz CT molecular complexity index is 849. The van der Waals surface area contributed by atoms with Gasteiger partial charge in [0.25, 0.3) is 0 Å². The Balaban J connectivity index is 2.58. The second-order valence-corrected chi connectivity index (χ2v) is 6.30. The molecule has 2 rings (SSSR count). The fourth-order valence-corrected chi connectivity index (χ4v) is 3.22. The molecule has 8 nitrogen and oxygen atoms in total. The molecule has 1 aliphatic heterocycles. The van der Waals surface area contributed by atoms with Gasteiger partial charge in [0.2, 0.25) is 5.75 Å². The lowest BCUT2D eigenvalue weighted by molar-refractivity contribution is -0.137. The first-order valence-corrected chi connectivity index (χ1v) is 8.77. The van der Waals surface area contributed by atoms with Crippen molar-refractivity contribution in [1.29, 1.82) is 0 Å². The molecule has 2 N–H and O–H groups in total. The molecule has 0 saturated carbocycles. The van der Waals surface area contributed by atoms with E-state index in [1.54, 1.807) is 38.1 Å². The largest absolute Gasteiger partial charge is 0.502 e. The number of ether oxygens (including phenoxy) is 4. The van der Waals surface area contributed by atoms with Crippen molar-refractivity contribution in [2.75, 3.05) is 28.4 Å². The summed E-state index contributed by atoms with van der Waals surface area (Å²) in [7, 11) is 5.42. The number of hydrogen-bond donors (Lipinski definition) is 2. The zero-order chi connectivity index (χ0) is 21.7. The van der Waals surface area contributed by atoms with Gasteiger partial charge in [0.15, 0.2) is 11.5 Å². The topological polar surface area (TPSA) is 103 Å². The SMILES string of the molecule is COC(=O)C1=C(C)NC(C)=C(C(=O)OC)C1/C=C/c1cc(OC)c(O)c(OC)c1. The Labute approximate surface area is 169 Å². The summed E-state index contributed by atoms with van der Waals surface area (Å²) in [6, 6.07) is 3.22. The van der Waals surface area contributed by atoms with Crippen molar-refractivity contribution < 1.29 is 33.6 Å². The van der Waals surface area contributed by atoms with Crippen LogP contribution in [0, 0.1) is 5.92 Å². The number of phenols is 1. The average molecular weight is 403 g/mol. The molecule has 1 heterocycles. The molecule has 0 atom stereocenters. The van der Waals surface area contributed by atoms with Gasteiger partial charge < -0.3 is 29.4 Å². The molecular formula is C21H25NO7. The van der Waals surface area contributed by atoms with Crippen LogP contribution in [0.5, 0.6) is 17.2 Å². The summed E-state index contributed by atoms with van der Waals surface area (Å²) in [6.45, 7) is 3.47. The van der Waals surface area contributed by atoms with Crippen LogP contribution in [-0.2, 0) is 19.1 Å². The molecular weight excluding hydrogens is 378 g/mol. The number of esters is 2. The second kappa shape index (κ2) is 9.18. The zero-order valence-corrected chi connectivity index (χ0v) is 17.3. The zero-order valence-electron chi connectivity index (χ0n) is 17.3. The standard InChI is InChI=1S/C21H25NO7/c1-11-17(20(24)28-5)14(18(12(2)22-11)21(25)29-6)8-7-13-9-15(26-3)19(23)16(10-13)27-4/h7-10,14,22-23H,1-6H3/b8-7+. The Morgan fingerprint density at radius 3 is 1.76 bits per heavy atom. The Morgan fingerprint density at radius 1 is 0.931 bits per heavy atom. The van der Waals surface area contributed by atoms with Crippen LogP contribution in [0.1, 0.15) is 19.4 Å². The van der Waals surface area contributed by atoms with Crippen LogP contribution in [0.2, 0.25) is 0 Å². The Kier molecular flexibility index (Phi) is 6.93. The molecule has 0 aromatic heterocycles. The lowest BCUT2D eigenvalue weighted by atomic mass is 9.84. The van der Waals surface area contributed by atoms with Crippen molar-refractivity contribution in [2.24, 2.45) is 5.92 Å². The summed E-state index contributed by atoms with van der Waals surface area (Å²) in [5.41, 5.74) is 2.40. The number of phenolic OH excluding ortho intramolecular Hbond substituents is 1. The van der Waals surface area contributed by atoms with E-state index in [0.717, 1.165) is 0 Å². The van der Waals surface area contributed by atoms with Crippen LogP contribution in [0.15, 0.2) is 40.7 Å². The summed E-state index contributed by atoms with van der Waals surface area (Å²) in [5, 5.41) is 13.1. The maximum atomic E-state index is 12.4. The number of nitrogens with one attached hydrogen (secondary N) is 1. The molecule has 0 bridgehead atoms. The molecule has 0 radical (unpaired) electrons. The first-order valence-electron chi connectivity index (χ1n) is 8.77. The predicted molar refractivity (Wildman–Crippen MR) is 106 cm³/mol. The highest BCUT2D eigenvalue weighted by atomic mass is 16.5. The van der Waals surface area contributed by atoms with Crippen LogP contribution in [0.4, 0.5) is 0 Å². The fraction of sp³-hybridized carbons (Fsp3) is 0.333. The minimum absolute atomic E-state index is 0.119. The molecule has 1 aliphatic rings. The molecule has 1 aromatic rings. The van der Waals surface area contributed by atoms with Gasteiger partial charge in [-0.2, -0.15) is 0 Å². The van der Waals surface area contributed by atoms with E-state index in [-0.39, 0.29) is 17.2 Å². The van der Waals surface area contributed by atoms with Crippen molar-refractivity contribution in [3.63, 3.8) is 0 Å². The predicted octanol–water partition coefficient (Wildman–Crippen LogP) is 2.54. The molecule has 0 fully saturated rings. The third-order valence-electron chi connectivity index (χ3n) is 4.60. The van der Waals surface area contributed by atoms with E-state index in [9.17, 15) is 14.7 Å². The van der Waals surface area contributed by atoms with Crippen molar-refractivity contribution in [3.05, 3.63) is 46.3 Å². The first kappa shape index (κ1) is 21.9. The highest BCUT2D eigenvalue weighted by molar-refractivity contribution is 5.98. The number of benzene rings is 1. The lowest BCUT2D eigenvalue weighted by Crippen LogP contribution is -2.32. The molecule has 0 unspecified atom stereocenters. The van der Waals surface area contributed by atoms with Crippen molar-refractivity contribution in [2.45, 2.75) is 13.8 Å². The van der Waals surface area contributed by atoms with Gasteiger partial charge in [0.05, 0.1) is 39.6 Å². The minimum Gasteiger partial charge on any atom is -0.502 e. The molecule has 0 amide bonds. The number of carbonyl (C=O) groups excluding carboxylic acids is 2. The number of hydrogen-bond acceptors (Lipinski definition) is 8. The molecule has 156 valence electrons. The molecule has 0 spiro atoms. The number of aromatic hydroxyl groups is 1. The normalized spacial score (nSPS) is 14.7. The Hall–Kier alpha value is -3.42. The first-order chi connectivity index (χ1) is 13.8. The van der Waals surface area contributed by atoms with E-state index in [2.05, 4.69) is 5.32 Å². The highest BCUT2D eigenvalue weighted by Gasteiger charge is 2.34. The summed E-state index contributed by atoms with van der Waals surface area (Å²) in [5.74, 6) is -1.46. The van der Waals surface area contributed by atoms with Crippen molar-refractivity contribution in [1.82, 2.24) is 5.32 Å². The van der Waals surface area contributed by atoms with E-state index in [4.69, 9.17) is 18.9 Å². The van der Waals surface area contributed by atoms with Gasteiger partial charge >= 0.3 is 11.9 Å². The third-order valence-corrected chi connectivity index (χ3v) is 4.60. The molecule has 0 aliphatic carbocycles. The van der Waals surface area contributed by atoms with Gasteiger partial charge in [0, 0.05) is 17.3 Å². The summed E-state index contributed by atoms with van der Waals surface area (Å²) >= 11 is 0. The quantitative estimate of drug-likeness (QED) is 0.699. The van der Waals surface area contributed by atoms with E-state index in [1.165, 1.54) is 28.4 Å². The second-order valence-electron chi connectivity index (χ2n) is 6.30. The molecule has 1 aromatic carbocycles. The Morgan fingerprint density at radius 2 is 1.38 bits per heavy atom. The fourth-order valence-electron chi connectivity index (χ4n) is 3.22. The number of carbonyl (C=O) groups is 2. The summed E-state index contributed by atoms with van der Waals surface area (Å²) in [4.78, 5) is 24.8. The van der Waals surface area contributed by atoms with E-state index in [1.807, 2.05) is 0 Å². The average Bonchev–Trinajstić information content (AvgIpc) is 2.71. The van der Waals surface area contributed by atoms with Crippen LogP contribution in [-0.4, -0.2) is 45.5 Å². The van der Waals surface area contributed by atoms with Crippen LogP contribution >= 0.6 is 0 Å². The van der Waals surface area contributed by atoms with Crippen LogP contribution in [0.25, 0.3) is 6.08 Å². The number of allylic oxidation sites excluding steroid dienone is 3. The van der Waals surface area contributed by atoms with Gasteiger partial charge in [-0.15, -0.1) is 0 Å². The van der Waals surface area contributed by atoms with Gasteiger partial charge in [-0.05, 0) is 31.5 Å². The lowest BCUT2D eigenvalue weighted by Gasteiger charge is -2.27. The van der Waals surface area contributed by atoms with Crippen LogP contribution in [0.3, 0.4) is 0 Å². The highest BCUT2D eigenvalue weighted by Crippen LogP contribution is 2.38. The van der Waals surface area contributed by atoms with Gasteiger partial charge in [-0.25, -0.2) is 9.59 Å². The minimum atomic E-state index is -0.693. The maximum absolute atomic E-state index is 12.4. The van der Waals surface area contributed by atoms with E-state index in [0.29, 0.717) is 28.1 Å².